The number of ether oxygens (including phenoxy) is 1. The number of rotatable bonds is 2. The molecule has 6 heteroatoms. The number of azide groups is 1. The van der Waals surface area contributed by atoms with Crippen LogP contribution in [-0.2, 0) is 4.79 Å². The Labute approximate surface area is 78.7 Å². The first-order valence-corrected chi connectivity index (χ1v) is 3.66. The Hall–Kier alpha value is -2.07. The second-order valence-corrected chi connectivity index (χ2v) is 2.40. The normalized spacial score (nSPS) is 9.00. The third-order valence-corrected chi connectivity index (χ3v) is 1.33. The van der Waals surface area contributed by atoms with Gasteiger partial charge >= 0.3 is 5.97 Å². The van der Waals surface area contributed by atoms with E-state index in [-0.39, 0.29) is 11.4 Å². The van der Waals surface area contributed by atoms with Crippen molar-refractivity contribution in [3.63, 3.8) is 0 Å². The molecule has 0 bridgehead atoms. The summed E-state index contributed by atoms with van der Waals surface area (Å²) in [6, 6.07) is 3.48. The summed E-state index contributed by atoms with van der Waals surface area (Å²) in [7, 11) is 0. The highest BCUT2D eigenvalue weighted by molar-refractivity contribution is 5.69. The monoisotopic (exact) mass is 195 g/mol. The van der Waals surface area contributed by atoms with E-state index in [2.05, 4.69) is 14.8 Å². The van der Waals surface area contributed by atoms with Crippen LogP contribution in [0.25, 0.3) is 10.4 Å². The topological polar surface area (TPSA) is 75.1 Å². The zero-order chi connectivity index (χ0) is 10.6. The SMILES string of the molecule is CC(=O)Oc1ccc(F)c(N=[N+]=[N-])c1. The molecule has 0 aromatic heterocycles. The Morgan fingerprint density at radius 1 is 1.64 bits per heavy atom. The largest absolute Gasteiger partial charge is 0.427 e. The minimum atomic E-state index is -0.668. The van der Waals surface area contributed by atoms with Gasteiger partial charge in [-0.3, -0.25) is 4.79 Å². The van der Waals surface area contributed by atoms with Crippen molar-refractivity contribution in [2.45, 2.75) is 6.92 Å². The molecule has 0 spiro atoms. The van der Waals surface area contributed by atoms with E-state index >= 15 is 0 Å². The van der Waals surface area contributed by atoms with Crippen LogP contribution in [0.5, 0.6) is 5.75 Å². The molecule has 1 aromatic carbocycles. The minimum absolute atomic E-state index is 0.140. The van der Waals surface area contributed by atoms with Crippen LogP contribution in [0.1, 0.15) is 6.92 Å². The molecule has 0 saturated carbocycles. The molecule has 0 aliphatic rings. The fourth-order valence-corrected chi connectivity index (χ4v) is 0.847. The molecular formula is C8H6FN3O2. The van der Waals surface area contributed by atoms with Crippen LogP contribution in [0.2, 0.25) is 0 Å². The smallest absolute Gasteiger partial charge is 0.308 e. The summed E-state index contributed by atoms with van der Waals surface area (Å²) in [6.07, 6.45) is 0. The van der Waals surface area contributed by atoms with E-state index in [4.69, 9.17) is 5.53 Å². The molecule has 0 saturated heterocycles. The first kappa shape index (κ1) is 10.0. The van der Waals surface area contributed by atoms with E-state index in [1.165, 1.54) is 13.0 Å². The van der Waals surface area contributed by atoms with Crippen molar-refractivity contribution in [2.24, 2.45) is 5.11 Å². The van der Waals surface area contributed by atoms with Gasteiger partial charge in [-0.2, -0.15) is 0 Å². The number of halogens is 1. The van der Waals surface area contributed by atoms with Crippen molar-refractivity contribution in [1.29, 1.82) is 0 Å². The molecule has 0 aliphatic carbocycles. The van der Waals surface area contributed by atoms with Gasteiger partial charge in [-0.05, 0) is 23.7 Å². The first-order chi connectivity index (χ1) is 6.63. The number of hydrogen-bond acceptors (Lipinski definition) is 3. The van der Waals surface area contributed by atoms with Gasteiger partial charge in [-0.1, -0.05) is 5.11 Å². The second kappa shape index (κ2) is 4.25. The maximum atomic E-state index is 12.9. The summed E-state index contributed by atoms with van der Waals surface area (Å²) in [5.74, 6) is -1.05. The Bertz CT molecular complexity index is 413. The Morgan fingerprint density at radius 3 is 2.93 bits per heavy atom. The van der Waals surface area contributed by atoms with Crippen LogP contribution < -0.4 is 4.74 Å². The van der Waals surface area contributed by atoms with Crippen LogP contribution in [0.4, 0.5) is 10.1 Å². The van der Waals surface area contributed by atoms with Gasteiger partial charge in [0.15, 0.2) is 0 Å². The fraction of sp³-hybridized carbons (Fsp3) is 0.125. The molecule has 0 amide bonds. The van der Waals surface area contributed by atoms with Gasteiger partial charge in [-0.15, -0.1) is 0 Å². The third-order valence-electron chi connectivity index (χ3n) is 1.33. The van der Waals surface area contributed by atoms with E-state index in [9.17, 15) is 9.18 Å². The van der Waals surface area contributed by atoms with Crippen LogP contribution in [0, 0.1) is 5.82 Å². The van der Waals surface area contributed by atoms with Gasteiger partial charge in [0.25, 0.3) is 0 Å². The predicted octanol–water partition coefficient (Wildman–Crippen LogP) is 2.69. The number of carbonyl (C=O) groups excluding carboxylic acids is 1. The van der Waals surface area contributed by atoms with Gasteiger partial charge in [0.2, 0.25) is 0 Å². The standard InChI is InChI=1S/C8H6FN3O2/c1-5(13)14-6-2-3-7(9)8(4-6)11-12-10/h2-4H,1H3. The molecule has 0 aliphatic heterocycles. The highest BCUT2D eigenvalue weighted by Gasteiger charge is 2.03. The van der Waals surface area contributed by atoms with Gasteiger partial charge in [-0.25, -0.2) is 4.39 Å². The molecule has 0 radical (unpaired) electrons. The average molecular weight is 195 g/mol. The quantitative estimate of drug-likeness (QED) is 0.239. The molecule has 0 atom stereocenters. The summed E-state index contributed by atoms with van der Waals surface area (Å²) >= 11 is 0. The molecule has 72 valence electrons. The maximum absolute atomic E-state index is 12.9. The summed E-state index contributed by atoms with van der Waals surface area (Å²) in [5.41, 5.74) is 7.90. The molecule has 14 heavy (non-hydrogen) atoms. The van der Waals surface area contributed by atoms with Crippen LogP contribution in [0.15, 0.2) is 23.3 Å². The lowest BCUT2D eigenvalue weighted by atomic mass is 10.3. The summed E-state index contributed by atoms with van der Waals surface area (Å²) in [4.78, 5) is 13.0. The average Bonchev–Trinajstić information content (AvgIpc) is 2.10. The predicted molar refractivity (Wildman–Crippen MR) is 46.5 cm³/mol. The van der Waals surface area contributed by atoms with E-state index in [0.29, 0.717) is 0 Å². The molecule has 1 aromatic rings. The van der Waals surface area contributed by atoms with Crippen LogP contribution in [0.3, 0.4) is 0 Å². The molecule has 0 heterocycles. The van der Waals surface area contributed by atoms with Gasteiger partial charge in [0.1, 0.15) is 11.6 Å². The highest BCUT2D eigenvalue weighted by Crippen LogP contribution is 2.24. The first-order valence-electron chi connectivity index (χ1n) is 3.66. The zero-order valence-electron chi connectivity index (χ0n) is 7.27. The van der Waals surface area contributed by atoms with E-state index in [1.54, 1.807) is 0 Å². The number of esters is 1. The minimum Gasteiger partial charge on any atom is -0.427 e. The lowest BCUT2D eigenvalue weighted by molar-refractivity contribution is -0.131. The van der Waals surface area contributed by atoms with Crippen molar-refractivity contribution in [3.8, 4) is 5.75 Å². The Kier molecular flexibility index (Phi) is 3.04. The third kappa shape index (κ3) is 2.46. The van der Waals surface area contributed by atoms with Gasteiger partial charge < -0.3 is 4.74 Å². The Morgan fingerprint density at radius 2 is 2.36 bits per heavy atom. The van der Waals surface area contributed by atoms with Gasteiger partial charge in [0, 0.05) is 11.8 Å². The lowest BCUT2D eigenvalue weighted by Crippen LogP contribution is -2.01. The van der Waals surface area contributed by atoms with Crippen molar-refractivity contribution in [1.82, 2.24) is 0 Å². The zero-order valence-corrected chi connectivity index (χ0v) is 7.27. The lowest BCUT2D eigenvalue weighted by Gasteiger charge is -2.01. The summed E-state index contributed by atoms with van der Waals surface area (Å²) in [6.45, 7) is 1.22. The molecule has 0 fully saturated rings. The maximum Gasteiger partial charge on any atom is 0.308 e. The van der Waals surface area contributed by atoms with Crippen LogP contribution >= 0.6 is 0 Å². The molecule has 1 rings (SSSR count). The number of benzene rings is 1. The van der Waals surface area contributed by atoms with Crippen molar-refractivity contribution in [2.75, 3.05) is 0 Å². The molecule has 0 N–H and O–H groups in total. The summed E-state index contributed by atoms with van der Waals surface area (Å²) < 4.78 is 17.6. The number of nitrogens with zero attached hydrogens (tertiary/aromatic N) is 3. The second-order valence-electron chi connectivity index (χ2n) is 2.40. The summed E-state index contributed by atoms with van der Waals surface area (Å²) in [5, 5.41) is 3.09. The van der Waals surface area contributed by atoms with Crippen molar-refractivity contribution >= 4 is 11.7 Å². The molecular weight excluding hydrogens is 189 g/mol. The van der Waals surface area contributed by atoms with Gasteiger partial charge in [0.05, 0.1) is 5.69 Å². The van der Waals surface area contributed by atoms with Crippen molar-refractivity contribution in [3.05, 3.63) is 34.5 Å². The fourth-order valence-electron chi connectivity index (χ4n) is 0.847. The number of carbonyl (C=O) groups is 1. The van der Waals surface area contributed by atoms with Crippen LogP contribution in [-0.4, -0.2) is 5.97 Å². The van der Waals surface area contributed by atoms with E-state index in [0.717, 1.165) is 12.1 Å². The van der Waals surface area contributed by atoms with E-state index < -0.39 is 11.8 Å². The number of hydrogen-bond donors (Lipinski definition) is 0. The Balaban J connectivity index is 3.05. The van der Waals surface area contributed by atoms with Crippen molar-refractivity contribution < 1.29 is 13.9 Å². The highest BCUT2D eigenvalue weighted by atomic mass is 19.1. The molecule has 0 unspecified atom stereocenters. The van der Waals surface area contributed by atoms with E-state index in [1.807, 2.05) is 0 Å². The molecule has 5 nitrogen and oxygen atoms in total.